The number of aryl methyl sites for hydroxylation is 2. The van der Waals surface area contributed by atoms with Crippen LogP contribution in [0.25, 0.3) is 11.0 Å². The van der Waals surface area contributed by atoms with Gasteiger partial charge in [-0.05, 0) is 63.0 Å². The summed E-state index contributed by atoms with van der Waals surface area (Å²) >= 11 is 0. The summed E-state index contributed by atoms with van der Waals surface area (Å²) in [6.45, 7) is 8.79. The fourth-order valence-electron chi connectivity index (χ4n) is 2.81. The molecule has 0 saturated carbocycles. The number of nitrogens with zero attached hydrogens (tertiary/aromatic N) is 4. The summed E-state index contributed by atoms with van der Waals surface area (Å²) in [7, 11) is 0. The summed E-state index contributed by atoms with van der Waals surface area (Å²) in [5.74, 6) is 0. The van der Waals surface area contributed by atoms with E-state index in [0.717, 1.165) is 18.6 Å². The molecule has 1 aromatic heterocycles. The molecule has 1 fully saturated rings. The molecule has 0 spiro atoms. The molecule has 1 aromatic carbocycles. The summed E-state index contributed by atoms with van der Waals surface area (Å²) in [5.41, 5.74) is 4.78. The van der Waals surface area contributed by atoms with Crippen molar-refractivity contribution in [2.75, 3.05) is 19.6 Å². The van der Waals surface area contributed by atoms with Crippen molar-refractivity contribution in [1.82, 2.24) is 19.9 Å². The van der Waals surface area contributed by atoms with Gasteiger partial charge in [0.05, 0.1) is 12.1 Å². The highest BCUT2D eigenvalue weighted by molar-refractivity contribution is 5.76. The van der Waals surface area contributed by atoms with Gasteiger partial charge in [0.25, 0.3) is 0 Å². The first-order valence-corrected chi connectivity index (χ1v) is 7.27. The minimum absolute atomic E-state index is 0.943. The molecule has 19 heavy (non-hydrogen) atoms. The van der Waals surface area contributed by atoms with Crippen molar-refractivity contribution in [1.29, 1.82) is 0 Å². The molecule has 1 aliphatic rings. The second kappa shape index (κ2) is 5.29. The molecule has 3 rings (SSSR count). The first kappa shape index (κ1) is 12.6. The second-order valence-corrected chi connectivity index (χ2v) is 5.64. The van der Waals surface area contributed by atoms with E-state index in [1.807, 2.05) is 0 Å². The van der Waals surface area contributed by atoms with Crippen molar-refractivity contribution in [2.24, 2.45) is 0 Å². The Kier molecular flexibility index (Phi) is 3.51. The normalized spacial score (nSPS) is 17.2. The maximum atomic E-state index is 4.30. The summed E-state index contributed by atoms with van der Waals surface area (Å²) in [5, 5.41) is 8.58. The molecule has 0 unspecified atom stereocenters. The Hall–Kier alpha value is -1.42. The smallest absolute Gasteiger partial charge is 0.113 e. The van der Waals surface area contributed by atoms with Crippen LogP contribution in [-0.4, -0.2) is 39.5 Å². The molecule has 0 atom stereocenters. The molecule has 4 heteroatoms. The Morgan fingerprint density at radius 2 is 1.74 bits per heavy atom. The maximum absolute atomic E-state index is 4.30. The number of piperidine rings is 1. The summed E-state index contributed by atoms with van der Waals surface area (Å²) in [6, 6.07) is 4.34. The van der Waals surface area contributed by atoms with Gasteiger partial charge in [-0.1, -0.05) is 11.6 Å². The molecule has 0 N–H and O–H groups in total. The van der Waals surface area contributed by atoms with Gasteiger partial charge in [-0.2, -0.15) is 0 Å². The molecule has 2 aromatic rings. The van der Waals surface area contributed by atoms with E-state index < -0.39 is 0 Å². The predicted molar refractivity (Wildman–Crippen MR) is 77.3 cm³/mol. The van der Waals surface area contributed by atoms with Crippen molar-refractivity contribution in [2.45, 2.75) is 39.7 Å². The average Bonchev–Trinajstić information content (AvgIpc) is 2.80. The van der Waals surface area contributed by atoms with Crippen LogP contribution in [0.2, 0.25) is 0 Å². The highest BCUT2D eigenvalue weighted by Crippen LogP contribution is 2.17. The lowest BCUT2D eigenvalue weighted by atomic mass is 10.1. The lowest BCUT2D eigenvalue weighted by Crippen LogP contribution is -2.32. The minimum Gasteiger partial charge on any atom is -0.301 e. The van der Waals surface area contributed by atoms with Gasteiger partial charge in [0.2, 0.25) is 0 Å². The van der Waals surface area contributed by atoms with Crippen LogP contribution in [0.15, 0.2) is 12.1 Å². The monoisotopic (exact) mass is 258 g/mol. The van der Waals surface area contributed by atoms with Crippen molar-refractivity contribution in [3.05, 3.63) is 23.3 Å². The minimum atomic E-state index is 0.943. The molecule has 102 valence electrons. The fourth-order valence-corrected chi connectivity index (χ4v) is 2.81. The van der Waals surface area contributed by atoms with Crippen LogP contribution in [0, 0.1) is 13.8 Å². The number of fused-ring (bicyclic) bond motifs is 1. The standard InChI is InChI=1S/C15H22N4/c1-12-10-14-15(11-13(12)2)19(17-16-14)9-8-18-6-4-3-5-7-18/h10-11H,3-9H2,1-2H3. The first-order chi connectivity index (χ1) is 9.24. The van der Waals surface area contributed by atoms with E-state index in [2.05, 4.69) is 45.9 Å². The van der Waals surface area contributed by atoms with Gasteiger partial charge in [0.15, 0.2) is 0 Å². The van der Waals surface area contributed by atoms with E-state index in [4.69, 9.17) is 0 Å². The quantitative estimate of drug-likeness (QED) is 0.848. The third-order valence-electron chi connectivity index (χ3n) is 4.21. The summed E-state index contributed by atoms with van der Waals surface area (Å²) in [4.78, 5) is 2.54. The van der Waals surface area contributed by atoms with Gasteiger partial charge < -0.3 is 4.90 Å². The summed E-state index contributed by atoms with van der Waals surface area (Å²) in [6.07, 6.45) is 4.08. The number of hydrogen-bond acceptors (Lipinski definition) is 3. The van der Waals surface area contributed by atoms with Crippen molar-refractivity contribution >= 4 is 11.0 Å². The zero-order valence-corrected chi connectivity index (χ0v) is 11.9. The Morgan fingerprint density at radius 1 is 1.00 bits per heavy atom. The number of aromatic nitrogens is 3. The molecule has 0 bridgehead atoms. The number of likely N-dealkylation sites (tertiary alicyclic amines) is 1. The Morgan fingerprint density at radius 3 is 2.53 bits per heavy atom. The molecule has 0 aliphatic carbocycles. The van der Waals surface area contributed by atoms with E-state index in [-0.39, 0.29) is 0 Å². The Labute approximate surface area is 114 Å². The molecule has 1 aliphatic heterocycles. The molecular weight excluding hydrogens is 236 g/mol. The molecule has 1 saturated heterocycles. The summed E-state index contributed by atoms with van der Waals surface area (Å²) < 4.78 is 2.05. The molecule has 2 heterocycles. The van der Waals surface area contributed by atoms with Crippen molar-refractivity contribution < 1.29 is 0 Å². The van der Waals surface area contributed by atoms with Crippen LogP contribution in [0.3, 0.4) is 0 Å². The second-order valence-electron chi connectivity index (χ2n) is 5.64. The molecule has 0 amide bonds. The number of hydrogen-bond donors (Lipinski definition) is 0. The van der Waals surface area contributed by atoms with Crippen LogP contribution in [-0.2, 0) is 6.54 Å². The molecule has 4 nitrogen and oxygen atoms in total. The van der Waals surface area contributed by atoms with Gasteiger partial charge in [-0.25, -0.2) is 4.68 Å². The first-order valence-electron chi connectivity index (χ1n) is 7.27. The van der Waals surface area contributed by atoms with Crippen LogP contribution in [0.4, 0.5) is 0 Å². The van der Waals surface area contributed by atoms with Gasteiger partial charge >= 0.3 is 0 Å². The molecule has 0 radical (unpaired) electrons. The topological polar surface area (TPSA) is 34.0 Å². The lowest BCUT2D eigenvalue weighted by molar-refractivity contribution is 0.218. The van der Waals surface area contributed by atoms with Gasteiger partial charge in [0.1, 0.15) is 5.52 Å². The SMILES string of the molecule is Cc1cc2nnn(CCN3CCCCC3)c2cc1C. The maximum Gasteiger partial charge on any atom is 0.113 e. The van der Waals surface area contributed by atoms with Gasteiger partial charge in [0, 0.05) is 6.54 Å². The van der Waals surface area contributed by atoms with Crippen molar-refractivity contribution in [3.8, 4) is 0 Å². The predicted octanol–water partition coefficient (Wildman–Crippen LogP) is 2.53. The Bertz CT molecular complexity index is 567. The lowest BCUT2D eigenvalue weighted by Gasteiger charge is -2.26. The van der Waals surface area contributed by atoms with E-state index in [1.165, 1.54) is 49.0 Å². The van der Waals surface area contributed by atoms with Crippen LogP contribution in [0.1, 0.15) is 30.4 Å². The van der Waals surface area contributed by atoms with Crippen molar-refractivity contribution in [3.63, 3.8) is 0 Å². The largest absolute Gasteiger partial charge is 0.301 e. The van der Waals surface area contributed by atoms with Gasteiger partial charge in [-0.15, -0.1) is 5.10 Å². The highest BCUT2D eigenvalue weighted by Gasteiger charge is 2.11. The zero-order valence-electron chi connectivity index (χ0n) is 11.9. The van der Waals surface area contributed by atoms with E-state index in [1.54, 1.807) is 0 Å². The molecular formula is C15H22N4. The number of benzene rings is 1. The highest BCUT2D eigenvalue weighted by atomic mass is 15.4. The fraction of sp³-hybridized carbons (Fsp3) is 0.600. The van der Waals surface area contributed by atoms with E-state index in [9.17, 15) is 0 Å². The van der Waals surface area contributed by atoms with Crippen LogP contribution >= 0.6 is 0 Å². The zero-order chi connectivity index (χ0) is 13.2. The van der Waals surface area contributed by atoms with Gasteiger partial charge in [-0.3, -0.25) is 0 Å². The average molecular weight is 258 g/mol. The number of rotatable bonds is 3. The van der Waals surface area contributed by atoms with E-state index in [0.29, 0.717) is 0 Å². The third kappa shape index (κ3) is 2.63. The Balaban J connectivity index is 1.75. The van der Waals surface area contributed by atoms with E-state index >= 15 is 0 Å². The van der Waals surface area contributed by atoms with Crippen LogP contribution < -0.4 is 0 Å². The third-order valence-corrected chi connectivity index (χ3v) is 4.21. The van der Waals surface area contributed by atoms with Crippen LogP contribution in [0.5, 0.6) is 0 Å².